The highest BCUT2D eigenvalue weighted by atomic mass is 32.2. The van der Waals surface area contributed by atoms with Crippen LogP contribution in [0, 0.1) is 0 Å². The molecule has 0 aromatic heterocycles. The van der Waals surface area contributed by atoms with Crippen molar-refractivity contribution in [3.63, 3.8) is 0 Å². The summed E-state index contributed by atoms with van der Waals surface area (Å²) in [5, 5.41) is 0. The van der Waals surface area contributed by atoms with Crippen LogP contribution in [-0.4, -0.2) is 44.3 Å². The molecule has 0 saturated carbocycles. The van der Waals surface area contributed by atoms with Gasteiger partial charge < -0.3 is 0 Å². The summed E-state index contributed by atoms with van der Waals surface area (Å²) in [5.41, 5.74) is -6.25. The van der Waals surface area contributed by atoms with Gasteiger partial charge in [0.05, 0.1) is 0 Å². The molecular weight excluding hydrogens is 408 g/mol. The average Bonchev–Trinajstić information content (AvgIpc) is 2.22. The largest absolute Gasteiger partial charge is 0.492 e. The summed E-state index contributed by atoms with van der Waals surface area (Å²) in [7, 11) is -7.29. The highest BCUT2D eigenvalue weighted by molar-refractivity contribution is 7.87. The Hall–Kier alpha value is -0.970. The van der Waals surface area contributed by atoms with Crippen LogP contribution in [0.15, 0.2) is 0 Å². The zero-order valence-electron chi connectivity index (χ0n) is 10.7. The zero-order valence-corrected chi connectivity index (χ0v) is 11.5. The molecule has 0 spiro atoms. The molecule has 0 radical (unpaired) electrons. The van der Waals surface area contributed by atoms with Crippen molar-refractivity contribution in [1.29, 1.82) is 0 Å². The fourth-order valence-corrected chi connectivity index (χ4v) is 1.73. The third-order valence-corrected chi connectivity index (χ3v) is 3.31. The van der Waals surface area contributed by atoms with Crippen LogP contribution >= 0.6 is 0 Å². The molecule has 0 bridgehead atoms. The normalized spacial score (nSPS) is 17.9. The summed E-state index contributed by atoms with van der Waals surface area (Å²) >= 11 is 0. The molecule has 0 saturated heterocycles. The van der Waals surface area contributed by atoms with Gasteiger partial charge in [0.2, 0.25) is 0 Å². The van der Waals surface area contributed by atoms with Gasteiger partial charge in [-0.2, -0.15) is 56.7 Å². The van der Waals surface area contributed by atoms with Crippen LogP contribution < -0.4 is 0 Å². The van der Waals surface area contributed by atoms with Crippen molar-refractivity contribution in [1.82, 2.24) is 0 Å². The smallest absolute Gasteiger partial charge is 0.243 e. The van der Waals surface area contributed by atoms with Gasteiger partial charge in [-0.15, -0.1) is 0 Å². The minimum Gasteiger partial charge on any atom is -0.243 e. The van der Waals surface area contributed by atoms with Crippen LogP contribution in [0.25, 0.3) is 0 Å². The van der Waals surface area contributed by atoms with Crippen molar-refractivity contribution in [2.24, 2.45) is 0 Å². The fourth-order valence-electron chi connectivity index (χ4n) is 0.928. The van der Waals surface area contributed by atoms with Crippen LogP contribution in [0.4, 0.5) is 52.7 Å². The lowest BCUT2D eigenvalue weighted by atomic mass is 10.0. The van der Waals surface area contributed by atoms with Crippen LogP contribution in [-0.2, 0) is 19.0 Å². The van der Waals surface area contributed by atoms with Crippen molar-refractivity contribution in [3.05, 3.63) is 0 Å². The Morgan fingerprint density at radius 3 is 1.46 bits per heavy atom. The SMILES string of the molecule is CC(F)(OS(=O)(=O)C(F)(F)OC(F)F)C(F)(F)C(F)(F)C(F)(F)F. The third kappa shape index (κ3) is 3.98. The molecule has 0 aliphatic heterocycles. The molecule has 0 aromatic rings. The molecule has 17 heteroatoms. The Morgan fingerprint density at radius 1 is 0.792 bits per heavy atom. The van der Waals surface area contributed by atoms with E-state index in [1.165, 1.54) is 0 Å². The molecule has 0 heterocycles. The second kappa shape index (κ2) is 6.08. The van der Waals surface area contributed by atoms with Crippen molar-refractivity contribution in [3.8, 4) is 0 Å². The van der Waals surface area contributed by atoms with E-state index in [0.717, 1.165) is 0 Å². The maximum atomic E-state index is 13.3. The first-order valence-electron chi connectivity index (χ1n) is 4.92. The number of hydrogen-bond acceptors (Lipinski definition) is 4. The Bertz CT molecular complexity index is 550. The van der Waals surface area contributed by atoms with Gasteiger partial charge in [0.25, 0.3) is 5.85 Å². The lowest BCUT2D eigenvalue weighted by Gasteiger charge is -2.35. The Kier molecular flexibility index (Phi) is 5.83. The molecule has 0 fully saturated rings. The first-order chi connectivity index (χ1) is 10.1. The van der Waals surface area contributed by atoms with Crippen LogP contribution in [0.3, 0.4) is 0 Å². The van der Waals surface area contributed by atoms with Gasteiger partial charge >= 0.3 is 40.2 Å². The number of halogens is 12. The molecule has 0 amide bonds. The number of hydrogen-bond donors (Lipinski definition) is 0. The van der Waals surface area contributed by atoms with Gasteiger partial charge in [0.15, 0.2) is 0 Å². The van der Waals surface area contributed by atoms with Gasteiger partial charge in [-0.1, -0.05) is 0 Å². The van der Waals surface area contributed by atoms with Gasteiger partial charge in [0.1, 0.15) is 0 Å². The van der Waals surface area contributed by atoms with Crippen LogP contribution in [0.1, 0.15) is 6.92 Å². The molecular formula is C7H4F12O4S. The van der Waals surface area contributed by atoms with Crippen molar-refractivity contribution >= 4 is 10.1 Å². The monoisotopic (exact) mass is 412 g/mol. The summed E-state index contributed by atoms with van der Waals surface area (Å²) in [5.74, 6) is -20.3. The second-order valence-corrected chi connectivity index (χ2v) is 5.49. The maximum absolute atomic E-state index is 13.3. The number of alkyl halides is 12. The van der Waals surface area contributed by atoms with E-state index < -0.39 is 53.0 Å². The van der Waals surface area contributed by atoms with E-state index in [1.54, 1.807) is 0 Å². The molecule has 0 N–H and O–H groups in total. The summed E-state index contributed by atoms with van der Waals surface area (Å²) in [6, 6.07) is 0. The average molecular weight is 412 g/mol. The molecule has 0 aliphatic rings. The van der Waals surface area contributed by atoms with E-state index in [2.05, 4.69) is 8.92 Å². The van der Waals surface area contributed by atoms with Gasteiger partial charge in [-0.3, -0.25) is 0 Å². The molecule has 24 heavy (non-hydrogen) atoms. The van der Waals surface area contributed by atoms with E-state index >= 15 is 0 Å². The van der Waals surface area contributed by atoms with Gasteiger partial charge in [-0.05, 0) is 0 Å². The van der Waals surface area contributed by atoms with Crippen LogP contribution in [0.5, 0.6) is 0 Å². The predicted molar refractivity (Wildman–Crippen MR) is 47.5 cm³/mol. The van der Waals surface area contributed by atoms with Gasteiger partial charge in [0, 0.05) is 6.92 Å². The van der Waals surface area contributed by atoms with Crippen molar-refractivity contribution < 1.29 is 70.0 Å². The molecule has 4 nitrogen and oxygen atoms in total. The summed E-state index contributed by atoms with van der Waals surface area (Å²) in [6.45, 7) is -5.66. The minimum absolute atomic E-state index is 1.07. The summed E-state index contributed by atoms with van der Waals surface area (Å²) in [6.07, 6.45) is -7.15. The Labute approximate surface area is 124 Å². The topological polar surface area (TPSA) is 52.6 Å². The molecule has 1 unspecified atom stereocenters. The van der Waals surface area contributed by atoms with Gasteiger partial charge in [-0.25, -0.2) is 13.3 Å². The van der Waals surface area contributed by atoms with E-state index in [4.69, 9.17) is 0 Å². The van der Waals surface area contributed by atoms with Crippen LogP contribution in [0.2, 0.25) is 0 Å². The first kappa shape index (κ1) is 23.0. The van der Waals surface area contributed by atoms with E-state index in [0.29, 0.717) is 0 Å². The minimum atomic E-state index is -7.29. The van der Waals surface area contributed by atoms with E-state index in [-0.39, 0.29) is 0 Å². The molecule has 0 aliphatic carbocycles. The van der Waals surface area contributed by atoms with Crippen molar-refractivity contribution in [2.75, 3.05) is 0 Å². The second-order valence-electron chi connectivity index (χ2n) is 3.94. The van der Waals surface area contributed by atoms with E-state index in [1.807, 2.05) is 0 Å². The quantitative estimate of drug-likeness (QED) is 0.474. The standard InChI is InChI=1S/C7H4F12O4S/c1-3(10,4(11,12)5(13,14)6(15,16)17)23-24(20,21)7(18,19)22-2(8)9/h2H,1H3. The summed E-state index contributed by atoms with van der Waals surface area (Å²) in [4.78, 5) is 0. The molecule has 0 aromatic carbocycles. The zero-order chi connectivity index (χ0) is 20.0. The highest BCUT2D eigenvalue weighted by Crippen LogP contribution is 2.53. The molecule has 0 rings (SSSR count). The maximum Gasteiger partial charge on any atom is 0.492 e. The highest BCUT2D eigenvalue weighted by Gasteiger charge is 2.81. The van der Waals surface area contributed by atoms with E-state index in [9.17, 15) is 61.1 Å². The Balaban J connectivity index is 5.86. The lowest BCUT2D eigenvalue weighted by Crippen LogP contribution is -2.63. The molecule has 146 valence electrons. The third-order valence-electron chi connectivity index (χ3n) is 2.09. The first-order valence-corrected chi connectivity index (χ1v) is 6.33. The fraction of sp³-hybridized carbons (Fsp3) is 1.00. The predicted octanol–water partition coefficient (Wildman–Crippen LogP) is 3.64. The summed E-state index contributed by atoms with van der Waals surface area (Å²) < 4.78 is 174. The van der Waals surface area contributed by atoms with Crippen molar-refractivity contribution in [2.45, 2.75) is 42.9 Å². The number of rotatable bonds is 7. The Morgan fingerprint density at radius 2 is 1.17 bits per heavy atom. The lowest BCUT2D eigenvalue weighted by molar-refractivity contribution is -0.400. The molecule has 1 atom stereocenters. The number of ether oxygens (including phenoxy) is 1.